The minimum Gasteiger partial charge on any atom is -0.486 e. The quantitative estimate of drug-likeness (QED) is 0.587. The number of rotatable bonds is 8. The van der Waals surface area contributed by atoms with Crippen molar-refractivity contribution in [3.8, 4) is 5.75 Å². The standard InChI is InChI=1S/C26H30N4O2/c1-27-14-13-25(21-6-4-3-5-7-21)32-22-10-8-20(9-11-22)19-30-17-16-29(2)24-12-15-28-18-23(24)26(30)31/h3-12,15,18,25,27H,13-14,16-17,19H2,1-2H3. The van der Waals surface area contributed by atoms with Crippen LogP contribution in [0.25, 0.3) is 0 Å². The Bertz CT molecular complexity index is 1020. The van der Waals surface area contributed by atoms with Gasteiger partial charge in [-0.2, -0.15) is 0 Å². The Balaban J connectivity index is 1.45. The zero-order valence-electron chi connectivity index (χ0n) is 18.7. The monoisotopic (exact) mass is 430 g/mol. The predicted octanol–water partition coefficient (Wildman–Crippen LogP) is 3.90. The van der Waals surface area contributed by atoms with E-state index in [4.69, 9.17) is 4.74 Å². The first-order valence-electron chi connectivity index (χ1n) is 11.1. The van der Waals surface area contributed by atoms with Gasteiger partial charge in [0.05, 0.1) is 11.3 Å². The zero-order chi connectivity index (χ0) is 22.3. The van der Waals surface area contributed by atoms with Crippen LogP contribution in [-0.4, -0.2) is 49.5 Å². The van der Waals surface area contributed by atoms with E-state index in [0.29, 0.717) is 18.7 Å². The molecule has 3 aromatic rings. The van der Waals surface area contributed by atoms with Gasteiger partial charge in [-0.25, -0.2) is 0 Å². The molecule has 1 aromatic heterocycles. The number of nitrogens with zero attached hydrogens (tertiary/aromatic N) is 3. The largest absolute Gasteiger partial charge is 0.486 e. The van der Waals surface area contributed by atoms with Crippen molar-refractivity contribution >= 4 is 11.6 Å². The second kappa shape index (κ2) is 10.3. The van der Waals surface area contributed by atoms with Crippen LogP contribution in [0.4, 0.5) is 5.69 Å². The molecule has 0 bridgehead atoms. The molecule has 1 unspecified atom stereocenters. The molecule has 2 aromatic carbocycles. The highest BCUT2D eigenvalue weighted by Crippen LogP contribution is 2.27. The van der Waals surface area contributed by atoms with Crippen molar-refractivity contribution in [3.05, 3.63) is 89.7 Å². The van der Waals surface area contributed by atoms with Gasteiger partial charge in [0, 0.05) is 45.5 Å². The first-order chi connectivity index (χ1) is 15.7. The van der Waals surface area contributed by atoms with E-state index in [1.54, 1.807) is 12.4 Å². The SMILES string of the molecule is CNCCC(Oc1ccc(CN2CCN(C)c3ccncc3C2=O)cc1)c1ccccc1. The van der Waals surface area contributed by atoms with E-state index in [-0.39, 0.29) is 12.0 Å². The van der Waals surface area contributed by atoms with Crippen LogP contribution in [0.3, 0.4) is 0 Å². The fourth-order valence-electron chi connectivity index (χ4n) is 3.99. The number of carbonyl (C=O) groups excluding carboxylic acids is 1. The normalized spacial score (nSPS) is 14.6. The van der Waals surface area contributed by atoms with E-state index in [1.165, 1.54) is 5.56 Å². The summed E-state index contributed by atoms with van der Waals surface area (Å²) in [4.78, 5) is 21.2. The third-order valence-electron chi connectivity index (χ3n) is 5.84. The molecule has 1 aliphatic heterocycles. The van der Waals surface area contributed by atoms with Crippen molar-refractivity contribution in [1.82, 2.24) is 15.2 Å². The molecule has 1 aliphatic rings. The first-order valence-corrected chi connectivity index (χ1v) is 11.1. The number of pyridine rings is 1. The van der Waals surface area contributed by atoms with Crippen LogP contribution in [-0.2, 0) is 6.54 Å². The topological polar surface area (TPSA) is 57.7 Å². The molecule has 0 saturated carbocycles. The maximum atomic E-state index is 13.1. The Labute approximate surface area is 189 Å². The summed E-state index contributed by atoms with van der Waals surface area (Å²) in [6.45, 7) is 2.89. The smallest absolute Gasteiger partial charge is 0.257 e. The van der Waals surface area contributed by atoms with Gasteiger partial charge in [0.25, 0.3) is 5.91 Å². The summed E-state index contributed by atoms with van der Waals surface area (Å²) < 4.78 is 6.31. The second-order valence-corrected chi connectivity index (χ2v) is 8.09. The van der Waals surface area contributed by atoms with Gasteiger partial charge in [-0.15, -0.1) is 0 Å². The van der Waals surface area contributed by atoms with Crippen LogP contribution in [0.1, 0.15) is 34.0 Å². The molecule has 0 saturated heterocycles. The highest BCUT2D eigenvalue weighted by molar-refractivity contribution is 6.00. The zero-order valence-corrected chi connectivity index (χ0v) is 18.7. The molecule has 0 aliphatic carbocycles. The van der Waals surface area contributed by atoms with Crippen molar-refractivity contribution in [1.29, 1.82) is 0 Å². The van der Waals surface area contributed by atoms with Crippen LogP contribution in [0.5, 0.6) is 5.75 Å². The summed E-state index contributed by atoms with van der Waals surface area (Å²) in [6.07, 6.45) is 4.27. The lowest BCUT2D eigenvalue weighted by molar-refractivity contribution is 0.0754. The number of ether oxygens (including phenoxy) is 1. The third-order valence-corrected chi connectivity index (χ3v) is 5.84. The molecule has 0 fully saturated rings. The Morgan fingerprint density at radius 2 is 1.84 bits per heavy atom. The second-order valence-electron chi connectivity index (χ2n) is 8.09. The number of carbonyl (C=O) groups is 1. The fraction of sp³-hybridized carbons (Fsp3) is 0.308. The van der Waals surface area contributed by atoms with Gasteiger partial charge in [0.1, 0.15) is 11.9 Å². The first kappa shape index (κ1) is 21.8. The summed E-state index contributed by atoms with van der Waals surface area (Å²) in [5.74, 6) is 0.851. The average Bonchev–Trinajstić information content (AvgIpc) is 2.96. The summed E-state index contributed by atoms with van der Waals surface area (Å²) in [5.41, 5.74) is 3.83. The van der Waals surface area contributed by atoms with E-state index < -0.39 is 0 Å². The van der Waals surface area contributed by atoms with Gasteiger partial charge in [-0.1, -0.05) is 42.5 Å². The van der Waals surface area contributed by atoms with Gasteiger partial charge < -0.3 is 19.9 Å². The lowest BCUT2D eigenvalue weighted by Gasteiger charge is -2.22. The maximum Gasteiger partial charge on any atom is 0.257 e. The number of anilines is 1. The Morgan fingerprint density at radius 3 is 2.59 bits per heavy atom. The Morgan fingerprint density at radius 1 is 1.06 bits per heavy atom. The molecule has 166 valence electrons. The van der Waals surface area contributed by atoms with E-state index in [1.807, 2.05) is 67.5 Å². The van der Waals surface area contributed by atoms with Gasteiger partial charge in [0.15, 0.2) is 0 Å². The minimum atomic E-state index is -0.0128. The van der Waals surface area contributed by atoms with Gasteiger partial charge in [-0.05, 0) is 42.9 Å². The molecule has 4 rings (SSSR count). The number of likely N-dealkylation sites (N-methyl/N-ethyl adjacent to an activating group) is 1. The number of hydrogen-bond acceptors (Lipinski definition) is 5. The predicted molar refractivity (Wildman–Crippen MR) is 127 cm³/mol. The molecule has 6 nitrogen and oxygen atoms in total. The highest BCUT2D eigenvalue weighted by atomic mass is 16.5. The summed E-state index contributed by atoms with van der Waals surface area (Å²) >= 11 is 0. The average molecular weight is 431 g/mol. The van der Waals surface area contributed by atoms with Crippen molar-refractivity contribution < 1.29 is 9.53 Å². The molecule has 6 heteroatoms. The lowest BCUT2D eigenvalue weighted by atomic mass is 10.1. The van der Waals surface area contributed by atoms with Crippen molar-refractivity contribution in [2.24, 2.45) is 0 Å². The molecular formula is C26H30N4O2. The molecule has 1 atom stereocenters. The number of fused-ring (bicyclic) bond motifs is 1. The van der Waals surface area contributed by atoms with Crippen molar-refractivity contribution in [2.45, 2.75) is 19.1 Å². The highest BCUT2D eigenvalue weighted by Gasteiger charge is 2.25. The minimum absolute atomic E-state index is 0.0128. The number of benzene rings is 2. The van der Waals surface area contributed by atoms with Gasteiger partial charge in [-0.3, -0.25) is 9.78 Å². The molecule has 0 spiro atoms. The third kappa shape index (κ3) is 5.08. The van der Waals surface area contributed by atoms with E-state index >= 15 is 0 Å². The molecular weight excluding hydrogens is 400 g/mol. The van der Waals surface area contributed by atoms with E-state index in [0.717, 1.165) is 36.5 Å². The number of hydrogen-bond donors (Lipinski definition) is 1. The molecule has 1 amide bonds. The van der Waals surface area contributed by atoms with Gasteiger partial charge in [0.2, 0.25) is 0 Å². The van der Waals surface area contributed by atoms with Crippen LogP contribution < -0.4 is 15.0 Å². The van der Waals surface area contributed by atoms with E-state index in [9.17, 15) is 4.79 Å². The molecule has 1 N–H and O–H groups in total. The van der Waals surface area contributed by atoms with Crippen molar-refractivity contribution in [2.75, 3.05) is 38.6 Å². The van der Waals surface area contributed by atoms with E-state index in [2.05, 4.69) is 27.3 Å². The Kier molecular flexibility index (Phi) is 7.02. The summed E-state index contributed by atoms with van der Waals surface area (Å²) in [5, 5.41) is 3.20. The summed E-state index contributed by atoms with van der Waals surface area (Å²) in [6, 6.07) is 20.3. The number of amides is 1. The number of nitrogens with one attached hydrogen (secondary N) is 1. The molecule has 2 heterocycles. The number of aromatic nitrogens is 1. The fourth-order valence-corrected chi connectivity index (χ4v) is 3.99. The molecule has 32 heavy (non-hydrogen) atoms. The van der Waals surface area contributed by atoms with Crippen LogP contribution in [0.2, 0.25) is 0 Å². The maximum absolute atomic E-state index is 13.1. The van der Waals surface area contributed by atoms with Crippen LogP contribution >= 0.6 is 0 Å². The van der Waals surface area contributed by atoms with Crippen LogP contribution in [0, 0.1) is 0 Å². The van der Waals surface area contributed by atoms with Crippen LogP contribution in [0.15, 0.2) is 73.1 Å². The molecule has 0 radical (unpaired) electrons. The van der Waals surface area contributed by atoms with Crippen molar-refractivity contribution in [3.63, 3.8) is 0 Å². The van der Waals surface area contributed by atoms with Gasteiger partial charge >= 0.3 is 0 Å². The lowest BCUT2D eigenvalue weighted by Crippen LogP contribution is -2.33. The summed E-state index contributed by atoms with van der Waals surface area (Å²) in [7, 11) is 3.96. The Hall–Kier alpha value is -3.38.